The predicted molar refractivity (Wildman–Crippen MR) is 145 cm³/mol. The third-order valence-electron chi connectivity index (χ3n) is 6.75. The number of hydrogen-bond acceptors (Lipinski definition) is 3. The molecule has 4 aromatic carbocycles. The van der Waals surface area contributed by atoms with Crippen LogP contribution in [0, 0.1) is 0 Å². The van der Waals surface area contributed by atoms with Gasteiger partial charge in [0.2, 0.25) is 0 Å². The number of rotatable bonds is 7. The van der Waals surface area contributed by atoms with Crippen molar-refractivity contribution in [1.82, 2.24) is 14.3 Å². The third-order valence-corrected chi connectivity index (χ3v) is 6.75. The Hall–Kier alpha value is -4.84. The number of fused-ring (bicyclic) bond motifs is 2. The quantitative estimate of drug-likeness (QED) is 0.281. The zero-order valence-corrected chi connectivity index (χ0v) is 20.3. The van der Waals surface area contributed by atoms with Crippen molar-refractivity contribution < 1.29 is 14.6 Å². The minimum Gasteiger partial charge on any atom is -0.497 e. The average Bonchev–Trinajstić information content (AvgIpc) is 3.52. The minimum atomic E-state index is -0.930. The SMILES string of the molecule is COc1cccc(Cn2ccc3ccc(-c4ccc5cnn(Cc6cccc(C(=O)O)c6)c5c4)cc32)c1. The number of ether oxygens (including phenoxy) is 1. The van der Waals surface area contributed by atoms with Crippen LogP contribution in [-0.2, 0) is 13.1 Å². The number of benzene rings is 4. The molecule has 6 rings (SSSR count). The van der Waals surface area contributed by atoms with Crippen molar-refractivity contribution in [3.63, 3.8) is 0 Å². The van der Waals surface area contributed by atoms with Crippen LogP contribution in [0.4, 0.5) is 0 Å². The summed E-state index contributed by atoms with van der Waals surface area (Å²) in [6.45, 7) is 1.25. The highest BCUT2D eigenvalue weighted by Crippen LogP contribution is 2.29. The van der Waals surface area contributed by atoms with E-state index < -0.39 is 5.97 Å². The summed E-state index contributed by atoms with van der Waals surface area (Å²) in [5.41, 5.74) is 6.75. The summed E-state index contributed by atoms with van der Waals surface area (Å²) in [6.07, 6.45) is 3.97. The fraction of sp³-hybridized carbons (Fsp3) is 0.0968. The van der Waals surface area contributed by atoms with Gasteiger partial charge in [-0.1, -0.05) is 48.5 Å². The van der Waals surface area contributed by atoms with E-state index in [1.54, 1.807) is 25.3 Å². The van der Waals surface area contributed by atoms with Gasteiger partial charge in [-0.3, -0.25) is 4.68 Å². The van der Waals surface area contributed by atoms with E-state index >= 15 is 0 Å². The van der Waals surface area contributed by atoms with E-state index in [1.807, 2.05) is 29.1 Å². The fourth-order valence-electron chi connectivity index (χ4n) is 4.82. The van der Waals surface area contributed by atoms with E-state index in [4.69, 9.17) is 4.74 Å². The van der Waals surface area contributed by atoms with Crippen LogP contribution in [0.5, 0.6) is 5.75 Å². The van der Waals surface area contributed by atoms with Crippen LogP contribution in [0.15, 0.2) is 103 Å². The van der Waals surface area contributed by atoms with Gasteiger partial charge in [0, 0.05) is 23.6 Å². The van der Waals surface area contributed by atoms with Crippen molar-refractivity contribution in [1.29, 1.82) is 0 Å². The van der Waals surface area contributed by atoms with Gasteiger partial charge in [0.25, 0.3) is 0 Å². The lowest BCUT2D eigenvalue weighted by atomic mass is 10.0. The molecule has 6 nitrogen and oxygen atoms in total. The van der Waals surface area contributed by atoms with Gasteiger partial charge in [-0.25, -0.2) is 4.79 Å². The Morgan fingerprint density at radius 2 is 1.54 bits per heavy atom. The van der Waals surface area contributed by atoms with Crippen molar-refractivity contribution in [2.75, 3.05) is 7.11 Å². The van der Waals surface area contributed by atoms with Gasteiger partial charge in [-0.05, 0) is 70.1 Å². The first-order valence-corrected chi connectivity index (χ1v) is 12.1. The maximum absolute atomic E-state index is 11.4. The lowest BCUT2D eigenvalue weighted by Gasteiger charge is -2.10. The summed E-state index contributed by atoms with van der Waals surface area (Å²) in [6, 6.07) is 30.2. The molecule has 0 atom stereocenters. The molecular formula is C31H25N3O3. The first-order valence-electron chi connectivity index (χ1n) is 12.1. The molecule has 0 saturated carbocycles. The molecule has 0 fully saturated rings. The van der Waals surface area contributed by atoms with Crippen molar-refractivity contribution >= 4 is 27.8 Å². The predicted octanol–water partition coefficient (Wildman–Crippen LogP) is 6.46. The van der Waals surface area contributed by atoms with Gasteiger partial charge in [0.05, 0.1) is 30.9 Å². The molecule has 0 bridgehead atoms. The van der Waals surface area contributed by atoms with Crippen molar-refractivity contribution in [3.8, 4) is 16.9 Å². The molecule has 0 aliphatic heterocycles. The minimum absolute atomic E-state index is 0.278. The number of nitrogens with zero attached hydrogens (tertiary/aromatic N) is 3. The van der Waals surface area contributed by atoms with Gasteiger partial charge in [-0.15, -0.1) is 0 Å². The number of aromatic nitrogens is 3. The van der Waals surface area contributed by atoms with Crippen molar-refractivity contribution in [2.45, 2.75) is 13.1 Å². The maximum atomic E-state index is 11.4. The second-order valence-electron chi connectivity index (χ2n) is 9.15. The number of aromatic carboxylic acids is 1. The second-order valence-corrected chi connectivity index (χ2v) is 9.15. The zero-order valence-electron chi connectivity index (χ0n) is 20.3. The zero-order chi connectivity index (χ0) is 25.4. The largest absolute Gasteiger partial charge is 0.497 e. The molecule has 1 N–H and O–H groups in total. The Bertz CT molecular complexity index is 1760. The van der Waals surface area contributed by atoms with Crippen LogP contribution in [0.25, 0.3) is 32.9 Å². The summed E-state index contributed by atoms with van der Waals surface area (Å²) >= 11 is 0. The standard InChI is InChI=1S/C31H25N3O3/c1-37-28-7-3-5-22(15-28)19-33-13-12-23-8-9-24(16-29(23)33)25-10-11-27-18-32-34(30(27)17-25)20-21-4-2-6-26(14-21)31(35)36/h2-18H,19-20H2,1H3,(H,35,36). The van der Waals surface area contributed by atoms with Crippen molar-refractivity contribution in [2.24, 2.45) is 0 Å². The first-order chi connectivity index (χ1) is 18.1. The summed E-state index contributed by atoms with van der Waals surface area (Å²) in [5.74, 6) is -0.0738. The third kappa shape index (κ3) is 4.45. The summed E-state index contributed by atoms with van der Waals surface area (Å²) in [7, 11) is 1.69. The van der Waals surface area contributed by atoms with Gasteiger partial charge in [-0.2, -0.15) is 5.10 Å². The molecule has 2 aromatic heterocycles. The Kier molecular flexibility index (Phi) is 5.69. The molecule has 37 heavy (non-hydrogen) atoms. The highest BCUT2D eigenvalue weighted by Gasteiger charge is 2.10. The molecule has 6 aromatic rings. The Labute approximate surface area is 214 Å². The van der Waals surface area contributed by atoms with Crippen molar-refractivity contribution in [3.05, 3.63) is 120 Å². The molecule has 0 radical (unpaired) electrons. The number of methoxy groups -OCH3 is 1. The molecule has 0 aliphatic carbocycles. The number of carbonyl (C=O) groups is 1. The fourth-order valence-corrected chi connectivity index (χ4v) is 4.82. The van der Waals surface area contributed by atoms with Crippen LogP contribution in [0.1, 0.15) is 21.5 Å². The molecule has 182 valence electrons. The Morgan fingerprint density at radius 3 is 2.32 bits per heavy atom. The van der Waals surface area contributed by atoms with E-state index in [0.717, 1.165) is 39.9 Å². The average molecular weight is 488 g/mol. The number of carboxylic acids is 1. The van der Waals surface area contributed by atoms with Crippen LogP contribution < -0.4 is 4.74 Å². The normalized spacial score (nSPS) is 11.3. The Morgan fingerprint density at radius 1 is 0.811 bits per heavy atom. The summed E-state index contributed by atoms with van der Waals surface area (Å²) in [4.78, 5) is 11.4. The van der Waals surface area contributed by atoms with Gasteiger partial charge < -0.3 is 14.4 Å². The topological polar surface area (TPSA) is 69.3 Å². The lowest BCUT2D eigenvalue weighted by Crippen LogP contribution is -2.03. The molecule has 0 aliphatic rings. The summed E-state index contributed by atoms with van der Waals surface area (Å²) < 4.78 is 9.56. The molecule has 0 unspecified atom stereocenters. The second kappa shape index (κ2) is 9.32. The summed E-state index contributed by atoms with van der Waals surface area (Å²) in [5, 5.41) is 16.1. The highest BCUT2D eigenvalue weighted by molar-refractivity contribution is 5.89. The van der Waals surface area contributed by atoms with Gasteiger partial charge >= 0.3 is 5.97 Å². The number of hydrogen-bond donors (Lipinski definition) is 1. The number of carboxylic acid groups (broad SMARTS) is 1. The molecule has 2 heterocycles. The molecule has 0 amide bonds. The first kappa shape index (κ1) is 22.6. The van der Waals surface area contributed by atoms with Gasteiger partial charge in [0.15, 0.2) is 0 Å². The monoisotopic (exact) mass is 487 g/mol. The van der Waals surface area contributed by atoms with Gasteiger partial charge in [0.1, 0.15) is 5.75 Å². The Balaban J connectivity index is 1.34. The van der Waals surface area contributed by atoms with E-state index in [1.165, 1.54) is 16.5 Å². The van der Waals surface area contributed by atoms with Crippen LogP contribution in [0.2, 0.25) is 0 Å². The molecule has 6 heteroatoms. The van der Waals surface area contributed by atoms with Crippen LogP contribution in [-0.4, -0.2) is 32.5 Å². The lowest BCUT2D eigenvalue weighted by molar-refractivity contribution is 0.0696. The van der Waals surface area contributed by atoms with E-state index in [9.17, 15) is 9.90 Å². The maximum Gasteiger partial charge on any atom is 0.335 e. The molecule has 0 saturated heterocycles. The van der Waals surface area contributed by atoms with E-state index in [0.29, 0.717) is 6.54 Å². The molecule has 0 spiro atoms. The smallest absolute Gasteiger partial charge is 0.335 e. The molecular weight excluding hydrogens is 462 g/mol. The van der Waals surface area contributed by atoms with E-state index in [2.05, 4.69) is 70.5 Å². The van der Waals surface area contributed by atoms with Crippen LogP contribution >= 0.6 is 0 Å². The van der Waals surface area contributed by atoms with Crippen LogP contribution in [0.3, 0.4) is 0 Å². The highest BCUT2D eigenvalue weighted by atomic mass is 16.5. The van der Waals surface area contributed by atoms with E-state index in [-0.39, 0.29) is 5.56 Å².